The molecule has 11 heavy (non-hydrogen) atoms. The molecule has 0 aliphatic carbocycles. The Morgan fingerprint density at radius 1 is 1.45 bits per heavy atom. The zero-order valence-corrected chi connectivity index (χ0v) is 6.71. The van der Waals surface area contributed by atoms with Gasteiger partial charge < -0.3 is 0 Å². The molecule has 0 amide bonds. The molecule has 0 N–H and O–H groups in total. The molecule has 1 rings (SSSR count). The number of nitrogens with zero attached hydrogens (tertiary/aromatic N) is 2. The zero-order chi connectivity index (χ0) is 8.27. The molecule has 0 aromatic carbocycles. The Labute approximate surface area is 65.5 Å². The molecule has 0 radical (unpaired) electrons. The summed E-state index contributed by atoms with van der Waals surface area (Å²) in [5.74, 6) is 0.397. The molecule has 1 aromatic heterocycles. The SMILES string of the molecule is Cc1cnc(C(C)CF)nc1. The smallest absolute Gasteiger partial charge is 0.133 e. The van der Waals surface area contributed by atoms with Gasteiger partial charge in [0.2, 0.25) is 0 Å². The van der Waals surface area contributed by atoms with Gasteiger partial charge in [0, 0.05) is 18.3 Å². The average Bonchev–Trinajstić information content (AvgIpc) is 2.05. The highest BCUT2D eigenvalue weighted by Gasteiger charge is 2.06. The monoisotopic (exact) mass is 154 g/mol. The second kappa shape index (κ2) is 3.42. The molecule has 0 saturated carbocycles. The van der Waals surface area contributed by atoms with Crippen LogP contribution >= 0.6 is 0 Å². The van der Waals surface area contributed by atoms with E-state index in [1.165, 1.54) is 0 Å². The van der Waals surface area contributed by atoms with Gasteiger partial charge in [-0.05, 0) is 12.5 Å². The highest BCUT2D eigenvalue weighted by atomic mass is 19.1. The van der Waals surface area contributed by atoms with E-state index in [9.17, 15) is 4.39 Å². The van der Waals surface area contributed by atoms with E-state index < -0.39 is 6.67 Å². The molecule has 0 fully saturated rings. The Balaban J connectivity index is 2.81. The Morgan fingerprint density at radius 3 is 2.45 bits per heavy atom. The fourth-order valence-electron chi connectivity index (χ4n) is 0.726. The summed E-state index contributed by atoms with van der Waals surface area (Å²) in [6.07, 6.45) is 3.41. The maximum atomic E-state index is 12.1. The Hall–Kier alpha value is -0.990. The van der Waals surface area contributed by atoms with Crippen LogP contribution in [0.4, 0.5) is 4.39 Å². The summed E-state index contributed by atoms with van der Waals surface area (Å²) in [4.78, 5) is 8.00. The summed E-state index contributed by atoms with van der Waals surface area (Å²) in [5.41, 5.74) is 1.000. The molecule has 0 bridgehead atoms. The van der Waals surface area contributed by atoms with Crippen LogP contribution < -0.4 is 0 Å². The number of hydrogen-bond donors (Lipinski definition) is 0. The van der Waals surface area contributed by atoms with Gasteiger partial charge in [0.05, 0.1) is 6.67 Å². The third-order valence-electron chi connectivity index (χ3n) is 1.47. The summed E-state index contributed by atoms with van der Waals surface area (Å²) >= 11 is 0. The minimum absolute atomic E-state index is 0.185. The third kappa shape index (κ3) is 1.97. The molecule has 2 nitrogen and oxygen atoms in total. The van der Waals surface area contributed by atoms with Crippen molar-refractivity contribution < 1.29 is 4.39 Å². The zero-order valence-electron chi connectivity index (χ0n) is 6.71. The van der Waals surface area contributed by atoms with E-state index in [1.807, 2.05) is 6.92 Å². The van der Waals surface area contributed by atoms with Crippen molar-refractivity contribution in [1.82, 2.24) is 9.97 Å². The van der Waals surface area contributed by atoms with E-state index in [4.69, 9.17) is 0 Å². The first-order chi connectivity index (χ1) is 5.24. The second-order valence-electron chi connectivity index (χ2n) is 2.67. The molecule has 0 aliphatic rings. The van der Waals surface area contributed by atoms with Gasteiger partial charge in [0.25, 0.3) is 0 Å². The van der Waals surface area contributed by atoms with Gasteiger partial charge in [-0.2, -0.15) is 0 Å². The molecular formula is C8H11FN2. The van der Waals surface area contributed by atoms with Crippen LogP contribution in [-0.2, 0) is 0 Å². The first-order valence-electron chi connectivity index (χ1n) is 3.58. The average molecular weight is 154 g/mol. The molecule has 1 aromatic rings. The lowest BCUT2D eigenvalue weighted by atomic mass is 10.2. The van der Waals surface area contributed by atoms with Crippen LogP contribution in [0.25, 0.3) is 0 Å². The molecule has 1 heterocycles. The summed E-state index contributed by atoms with van der Waals surface area (Å²) in [6.45, 7) is 3.28. The van der Waals surface area contributed by atoms with Crippen molar-refractivity contribution in [1.29, 1.82) is 0 Å². The summed E-state index contributed by atoms with van der Waals surface area (Å²) < 4.78 is 12.1. The van der Waals surface area contributed by atoms with E-state index >= 15 is 0 Å². The van der Waals surface area contributed by atoms with Gasteiger partial charge in [-0.3, -0.25) is 4.39 Å². The van der Waals surface area contributed by atoms with E-state index in [1.54, 1.807) is 19.3 Å². The first-order valence-corrected chi connectivity index (χ1v) is 3.58. The van der Waals surface area contributed by atoms with Crippen molar-refractivity contribution in [3.63, 3.8) is 0 Å². The van der Waals surface area contributed by atoms with Crippen LogP contribution in [0.3, 0.4) is 0 Å². The van der Waals surface area contributed by atoms with Crippen LogP contribution in [0, 0.1) is 6.92 Å². The van der Waals surface area contributed by atoms with Gasteiger partial charge in [0.15, 0.2) is 0 Å². The number of aromatic nitrogens is 2. The molecule has 1 atom stereocenters. The van der Waals surface area contributed by atoms with Crippen LogP contribution in [0.5, 0.6) is 0 Å². The summed E-state index contributed by atoms with van der Waals surface area (Å²) in [7, 11) is 0. The molecule has 0 saturated heterocycles. The standard InChI is InChI=1S/C8H11FN2/c1-6-4-10-8(11-5-6)7(2)3-9/h4-5,7H,3H2,1-2H3. The predicted octanol–water partition coefficient (Wildman–Crippen LogP) is 1.86. The number of rotatable bonds is 2. The fraction of sp³-hybridized carbons (Fsp3) is 0.500. The van der Waals surface area contributed by atoms with E-state index in [-0.39, 0.29) is 5.92 Å². The highest BCUT2D eigenvalue weighted by molar-refractivity contribution is 5.04. The van der Waals surface area contributed by atoms with Crippen LogP contribution in [0.1, 0.15) is 24.2 Å². The summed E-state index contributed by atoms with van der Waals surface area (Å²) in [5, 5.41) is 0. The van der Waals surface area contributed by atoms with Crippen molar-refractivity contribution in [3.05, 3.63) is 23.8 Å². The predicted molar refractivity (Wildman–Crippen MR) is 41.2 cm³/mol. The third-order valence-corrected chi connectivity index (χ3v) is 1.47. The molecule has 1 unspecified atom stereocenters. The Bertz CT molecular complexity index is 220. The molecular weight excluding hydrogens is 143 g/mol. The number of alkyl halides is 1. The molecule has 0 spiro atoms. The van der Waals surface area contributed by atoms with Gasteiger partial charge in [-0.15, -0.1) is 0 Å². The lowest BCUT2D eigenvalue weighted by Crippen LogP contribution is -2.01. The van der Waals surface area contributed by atoms with E-state index in [0.717, 1.165) is 5.56 Å². The quantitative estimate of drug-likeness (QED) is 0.649. The van der Waals surface area contributed by atoms with Gasteiger partial charge in [0.1, 0.15) is 5.82 Å². The first kappa shape index (κ1) is 8.11. The van der Waals surface area contributed by atoms with Crippen LogP contribution in [0.15, 0.2) is 12.4 Å². The maximum absolute atomic E-state index is 12.1. The minimum Gasteiger partial charge on any atom is -0.250 e. The molecule has 60 valence electrons. The van der Waals surface area contributed by atoms with Crippen molar-refractivity contribution in [2.75, 3.05) is 6.67 Å². The van der Waals surface area contributed by atoms with E-state index in [0.29, 0.717) is 5.82 Å². The number of aryl methyl sites for hydroxylation is 1. The van der Waals surface area contributed by atoms with Crippen molar-refractivity contribution in [3.8, 4) is 0 Å². The topological polar surface area (TPSA) is 25.8 Å². The Kier molecular flexibility index (Phi) is 2.52. The van der Waals surface area contributed by atoms with Gasteiger partial charge in [-0.1, -0.05) is 6.92 Å². The highest BCUT2D eigenvalue weighted by Crippen LogP contribution is 2.09. The Morgan fingerprint density at radius 2 is 2.00 bits per heavy atom. The minimum atomic E-state index is -0.400. The van der Waals surface area contributed by atoms with Crippen molar-refractivity contribution >= 4 is 0 Å². The fourth-order valence-corrected chi connectivity index (χ4v) is 0.726. The van der Waals surface area contributed by atoms with Crippen molar-refractivity contribution in [2.45, 2.75) is 19.8 Å². The second-order valence-corrected chi connectivity index (χ2v) is 2.67. The molecule has 3 heteroatoms. The number of halogens is 1. The van der Waals surface area contributed by atoms with Crippen LogP contribution in [0.2, 0.25) is 0 Å². The lowest BCUT2D eigenvalue weighted by Gasteiger charge is -2.03. The molecule has 0 aliphatic heterocycles. The van der Waals surface area contributed by atoms with Crippen molar-refractivity contribution in [2.24, 2.45) is 0 Å². The largest absolute Gasteiger partial charge is 0.250 e. The van der Waals surface area contributed by atoms with Gasteiger partial charge in [-0.25, -0.2) is 9.97 Å². The summed E-state index contributed by atoms with van der Waals surface area (Å²) in [6, 6.07) is 0. The maximum Gasteiger partial charge on any atom is 0.133 e. The lowest BCUT2D eigenvalue weighted by molar-refractivity contribution is 0.436. The normalized spacial score (nSPS) is 13.0. The van der Waals surface area contributed by atoms with E-state index in [2.05, 4.69) is 9.97 Å². The van der Waals surface area contributed by atoms with Gasteiger partial charge >= 0.3 is 0 Å². The van der Waals surface area contributed by atoms with Crippen LogP contribution in [-0.4, -0.2) is 16.6 Å². The number of hydrogen-bond acceptors (Lipinski definition) is 2.